The highest BCUT2D eigenvalue weighted by atomic mass is 16.4. The Morgan fingerprint density at radius 1 is 1.53 bits per heavy atom. The Morgan fingerprint density at radius 2 is 2.13 bits per heavy atom. The first kappa shape index (κ1) is 12.2. The minimum Gasteiger partial charge on any atom is -0.480 e. The van der Waals surface area contributed by atoms with Crippen molar-refractivity contribution in [3.8, 4) is 0 Å². The summed E-state index contributed by atoms with van der Waals surface area (Å²) >= 11 is 0. The van der Waals surface area contributed by atoms with Crippen molar-refractivity contribution in [1.82, 2.24) is 5.32 Å². The third-order valence-corrected chi connectivity index (χ3v) is 3.28. The van der Waals surface area contributed by atoms with Crippen LogP contribution in [0.3, 0.4) is 0 Å². The first-order valence-electron chi connectivity index (χ1n) is 5.72. The molecule has 86 valence electrons. The van der Waals surface area contributed by atoms with E-state index in [1.54, 1.807) is 6.08 Å². The number of hydrogen-bond acceptors (Lipinski definition) is 2. The zero-order valence-electron chi connectivity index (χ0n) is 9.41. The zero-order valence-corrected chi connectivity index (χ0v) is 9.41. The third kappa shape index (κ3) is 3.67. The van der Waals surface area contributed by atoms with Crippen LogP contribution < -0.4 is 5.32 Å². The minimum atomic E-state index is -0.726. The molecule has 2 N–H and O–H groups in total. The van der Waals surface area contributed by atoms with Crippen molar-refractivity contribution in [2.45, 2.75) is 38.6 Å². The highest BCUT2D eigenvalue weighted by molar-refractivity contribution is 5.73. The van der Waals surface area contributed by atoms with E-state index in [4.69, 9.17) is 5.11 Å². The fraction of sp³-hybridized carbons (Fsp3) is 0.750. The van der Waals surface area contributed by atoms with Crippen molar-refractivity contribution in [1.29, 1.82) is 0 Å². The van der Waals surface area contributed by atoms with Crippen LogP contribution in [0.5, 0.6) is 0 Å². The van der Waals surface area contributed by atoms with Gasteiger partial charge in [-0.25, -0.2) is 0 Å². The molecule has 0 radical (unpaired) electrons. The molecule has 0 bridgehead atoms. The van der Waals surface area contributed by atoms with Gasteiger partial charge in [-0.05, 0) is 24.7 Å². The van der Waals surface area contributed by atoms with Gasteiger partial charge in [0.15, 0.2) is 0 Å². The molecule has 0 saturated heterocycles. The quantitative estimate of drug-likeness (QED) is 0.684. The molecule has 15 heavy (non-hydrogen) atoms. The maximum Gasteiger partial charge on any atom is 0.320 e. The smallest absolute Gasteiger partial charge is 0.320 e. The predicted molar refractivity (Wildman–Crippen MR) is 60.7 cm³/mol. The van der Waals surface area contributed by atoms with Crippen molar-refractivity contribution in [2.75, 3.05) is 6.54 Å². The SMILES string of the molecule is C=CCNC(C(=O)O)C1CCC(C)CC1. The van der Waals surface area contributed by atoms with Gasteiger partial charge in [-0.1, -0.05) is 25.8 Å². The number of carbonyl (C=O) groups is 1. The summed E-state index contributed by atoms with van der Waals surface area (Å²) in [5.74, 6) is 0.324. The van der Waals surface area contributed by atoms with Crippen LogP contribution in [0.1, 0.15) is 32.6 Å². The Kier molecular flexibility index (Phi) is 4.82. The molecule has 3 heteroatoms. The molecule has 0 aliphatic heterocycles. The second-order valence-corrected chi connectivity index (χ2v) is 4.53. The lowest BCUT2D eigenvalue weighted by atomic mass is 9.79. The maximum absolute atomic E-state index is 11.1. The highest BCUT2D eigenvalue weighted by Gasteiger charge is 2.30. The molecular weight excluding hydrogens is 190 g/mol. The van der Waals surface area contributed by atoms with Crippen molar-refractivity contribution in [3.05, 3.63) is 12.7 Å². The molecule has 0 amide bonds. The fourth-order valence-electron chi connectivity index (χ4n) is 2.29. The van der Waals surface area contributed by atoms with E-state index >= 15 is 0 Å². The van der Waals surface area contributed by atoms with Crippen LogP contribution in [0.15, 0.2) is 12.7 Å². The van der Waals surface area contributed by atoms with Gasteiger partial charge >= 0.3 is 5.97 Å². The van der Waals surface area contributed by atoms with Gasteiger partial charge in [0.05, 0.1) is 0 Å². The van der Waals surface area contributed by atoms with Gasteiger partial charge in [-0.3, -0.25) is 4.79 Å². The van der Waals surface area contributed by atoms with Gasteiger partial charge in [-0.2, -0.15) is 0 Å². The summed E-state index contributed by atoms with van der Waals surface area (Å²) in [4.78, 5) is 11.1. The maximum atomic E-state index is 11.1. The van der Waals surface area contributed by atoms with E-state index in [1.807, 2.05) is 0 Å². The molecule has 1 aliphatic carbocycles. The number of nitrogens with one attached hydrogen (secondary N) is 1. The van der Waals surface area contributed by atoms with Crippen LogP contribution in [0.4, 0.5) is 0 Å². The van der Waals surface area contributed by atoms with Gasteiger partial charge in [0.25, 0.3) is 0 Å². The van der Waals surface area contributed by atoms with Crippen LogP contribution in [-0.4, -0.2) is 23.7 Å². The molecule has 0 aromatic heterocycles. The summed E-state index contributed by atoms with van der Waals surface area (Å²) in [7, 11) is 0. The summed E-state index contributed by atoms with van der Waals surface area (Å²) in [6.45, 7) is 6.41. The van der Waals surface area contributed by atoms with Gasteiger partial charge in [-0.15, -0.1) is 6.58 Å². The molecule has 1 unspecified atom stereocenters. The van der Waals surface area contributed by atoms with Crippen molar-refractivity contribution in [2.24, 2.45) is 11.8 Å². The Morgan fingerprint density at radius 3 is 2.60 bits per heavy atom. The van der Waals surface area contributed by atoms with Gasteiger partial charge in [0, 0.05) is 6.54 Å². The lowest BCUT2D eigenvalue weighted by Gasteiger charge is -2.30. The number of aliphatic carboxylic acids is 1. The molecule has 1 rings (SSSR count). The molecule has 3 nitrogen and oxygen atoms in total. The molecule has 0 aromatic rings. The summed E-state index contributed by atoms with van der Waals surface area (Å²) in [5.41, 5.74) is 0. The normalized spacial score (nSPS) is 28.3. The first-order chi connectivity index (χ1) is 7.15. The molecule has 0 heterocycles. The standard InChI is InChI=1S/C12H21NO2/c1-3-8-13-11(12(14)15)10-6-4-9(2)5-7-10/h3,9-11,13H,1,4-8H2,2H3,(H,14,15). The van der Waals surface area contributed by atoms with E-state index in [0.717, 1.165) is 31.6 Å². The highest BCUT2D eigenvalue weighted by Crippen LogP contribution is 2.30. The Bertz CT molecular complexity index is 220. The van der Waals surface area contributed by atoms with Gasteiger partial charge in [0.2, 0.25) is 0 Å². The van der Waals surface area contributed by atoms with Crippen LogP contribution >= 0.6 is 0 Å². The first-order valence-corrected chi connectivity index (χ1v) is 5.72. The largest absolute Gasteiger partial charge is 0.480 e. The second-order valence-electron chi connectivity index (χ2n) is 4.53. The average Bonchev–Trinajstić information content (AvgIpc) is 2.21. The Labute approximate surface area is 91.6 Å². The van der Waals surface area contributed by atoms with E-state index in [2.05, 4.69) is 18.8 Å². The average molecular weight is 211 g/mol. The number of carboxylic acids is 1. The zero-order chi connectivity index (χ0) is 11.3. The topological polar surface area (TPSA) is 49.3 Å². The van der Waals surface area contributed by atoms with Crippen molar-refractivity contribution < 1.29 is 9.90 Å². The third-order valence-electron chi connectivity index (χ3n) is 3.28. The Balaban J connectivity index is 2.48. The monoisotopic (exact) mass is 211 g/mol. The van der Waals surface area contributed by atoms with E-state index < -0.39 is 12.0 Å². The van der Waals surface area contributed by atoms with E-state index in [0.29, 0.717) is 12.5 Å². The molecule has 1 atom stereocenters. The van der Waals surface area contributed by atoms with E-state index in [9.17, 15) is 4.79 Å². The molecule has 1 aliphatic rings. The van der Waals surface area contributed by atoms with Crippen LogP contribution in [0.25, 0.3) is 0 Å². The van der Waals surface area contributed by atoms with Crippen LogP contribution in [-0.2, 0) is 4.79 Å². The van der Waals surface area contributed by atoms with E-state index in [1.165, 1.54) is 0 Å². The lowest BCUT2D eigenvalue weighted by molar-refractivity contribution is -0.141. The number of rotatable bonds is 5. The number of hydrogen-bond donors (Lipinski definition) is 2. The predicted octanol–water partition coefficient (Wildman–Crippen LogP) is 2.04. The molecule has 0 spiro atoms. The summed E-state index contributed by atoms with van der Waals surface area (Å²) in [5, 5.41) is 12.2. The molecular formula is C12H21NO2. The molecule has 0 aromatic carbocycles. The summed E-state index contributed by atoms with van der Waals surface area (Å²) in [6.07, 6.45) is 6.08. The van der Waals surface area contributed by atoms with Crippen LogP contribution in [0.2, 0.25) is 0 Å². The van der Waals surface area contributed by atoms with Crippen molar-refractivity contribution in [3.63, 3.8) is 0 Å². The summed E-state index contributed by atoms with van der Waals surface area (Å²) in [6, 6.07) is -0.393. The van der Waals surface area contributed by atoms with Gasteiger partial charge in [0.1, 0.15) is 6.04 Å². The second kappa shape index (κ2) is 5.91. The van der Waals surface area contributed by atoms with Gasteiger partial charge < -0.3 is 10.4 Å². The molecule has 1 saturated carbocycles. The Hall–Kier alpha value is -0.830. The molecule has 1 fully saturated rings. The van der Waals surface area contributed by atoms with E-state index in [-0.39, 0.29) is 0 Å². The van der Waals surface area contributed by atoms with Crippen molar-refractivity contribution >= 4 is 5.97 Å². The fourth-order valence-corrected chi connectivity index (χ4v) is 2.29. The lowest BCUT2D eigenvalue weighted by Crippen LogP contribution is -2.44. The minimum absolute atomic E-state index is 0.290. The summed E-state index contributed by atoms with van der Waals surface area (Å²) < 4.78 is 0. The number of carboxylic acid groups (broad SMARTS) is 1. The van der Waals surface area contributed by atoms with Crippen LogP contribution in [0, 0.1) is 11.8 Å².